The van der Waals surface area contributed by atoms with Gasteiger partial charge in [-0.1, -0.05) is 53.9 Å². The van der Waals surface area contributed by atoms with Crippen LogP contribution in [0, 0.1) is 5.92 Å². The standard InChI is InChI=1S/C23H22Cl2O/c24-19-10-6-17(7-11-19)23(18-8-12-20(25)13-9-18)21(22(23)15-26)14-16-4-2-1-3-5-16/h6-13,22,26H,1-5,15H2. The Labute approximate surface area is 165 Å². The van der Waals surface area contributed by atoms with E-state index in [9.17, 15) is 5.11 Å². The molecule has 1 atom stereocenters. The lowest BCUT2D eigenvalue weighted by molar-refractivity contribution is 0.270. The highest BCUT2D eigenvalue weighted by atomic mass is 35.5. The van der Waals surface area contributed by atoms with Crippen LogP contribution in [-0.2, 0) is 5.41 Å². The molecule has 1 unspecified atom stereocenters. The van der Waals surface area contributed by atoms with Crippen LogP contribution >= 0.6 is 23.2 Å². The van der Waals surface area contributed by atoms with E-state index < -0.39 is 0 Å². The predicted molar refractivity (Wildman–Crippen MR) is 108 cm³/mol. The maximum absolute atomic E-state index is 10.2. The molecule has 2 fully saturated rings. The predicted octanol–water partition coefficient (Wildman–Crippen LogP) is 6.32. The minimum absolute atomic E-state index is 0.0549. The molecule has 1 nitrogen and oxygen atoms in total. The number of aliphatic hydroxyl groups is 1. The van der Waals surface area contributed by atoms with E-state index in [0.717, 1.165) is 34.0 Å². The summed E-state index contributed by atoms with van der Waals surface area (Å²) in [5.41, 5.74) is 8.30. The van der Waals surface area contributed by atoms with Crippen molar-refractivity contribution in [2.75, 3.05) is 6.61 Å². The SMILES string of the molecule is OCC1C(=C=C2CCCCC2)C1(c1ccc(Cl)cc1)c1ccc(Cl)cc1. The normalized spacial score (nSPS) is 21.4. The van der Waals surface area contributed by atoms with Crippen molar-refractivity contribution in [3.63, 3.8) is 0 Å². The summed E-state index contributed by atoms with van der Waals surface area (Å²) in [5, 5.41) is 11.6. The van der Waals surface area contributed by atoms with Crippen LogP contribution in [0.3, 0.4) is 0 Å². The fourth-order valence-corrected chi connectivity index (χ4v) is 4.66. The highest BCUT2D eigenvalue weighted by Gasteiger charge is 2.62. The summed E-state index contributed by atoms with van der Waals surface area (Å²) in [7, 11) is 0. The second-order valence-corrected chi connectivity index (χ2v) is 8.13. The van der Waals surface area contributed by atoms with Crippen molar-refractivity contribution < 1.29 is 5.11 Å². The minimum Gasteiger partial charge on any atom is -0.396 e. The first kappa shape index (κ1) is 17.9. The van der Waals surface area contributed by atoms with Gasteiger partial charge in [-0.2, -0.15) is 0 Å². The van der Waals surface area contributed by atoms with E-state index in [0.29, 0.717) is 0 Å². The Balaban J connectivity index is 1.90. The van der Waals surface area contributed by atoms with Crippen LogP contribution in [0.5, 0.6) is 0 Å². The third-order valence-corrected chi connectivity index (χ3v) is 6.27. The highest BCUT2D eigenvalue weighted by molar-refractivity contribution is 6.30. The Morgan fingerprint density at radius 2 is 1.35 bits per heavy atom. The largest absolute Gasteiger partial charge is 0.396 e. The van der Waals surface area contributed by atoms with Gasteiger partial charge < -0.3 is 5.11 Å². The molecule has 2 aromatic carbocycles. The van der Waals surface area contributed by atoms with Crippen LogP contribution < -0.4 is 0 Å². The van der Waals surface area contributed by atoms with Crippen molar-refractivity contribution in [1.29, 1.82) is 0 Å². The van der Waals surface area contributed by atoms with Crippen LogP contribution in [0.4, 0.5) is 0 Å². The molecule has 0 bridgehead atoms. The lowest BCUT2D eigenvalue weighted by atomic mass is 9.85. The highest BCUT2D eigenvalue weighted by Crippen LogP contribution is 2.63. The summed E-state index contributed by atoms with van der Waals surface area (Å²) >= 11 is 12.2. The molecule has 0 amide bonds. The number of benzene rings is 2. The molecule has 134 valence electrons. The number of aliphatic hydroxyl groups excluding tert-OH is 1. The van der Waals surface area contributed by atoms with E-state index in [1.807, 2.05) is 24.3 Å². The zero-order valence-electron chi connectivity index (χ0n) is 14.6. The smallest absolute Gasteiger partial charge is 0.0583 e. The molecule has 0 heterocycles. The van der Waals surface area contributed by atoms with Gasteiger partial charge in [0.2, 0.25) is 0 Å². The number of hydrogen-bond donors (Lipinski definition) is 1. The third kappa shape index (κ3) is 3.04. The van der Waals surface area contributed by atoms with Crippen LogP contribution in [0.15, 0.2) is 65.4 Å². The molecular weight excluding hydrogens is 363 g/mol. The van der Waals surface area contributed by atoms with Crippen LogP contribution in [0.1, 0.15) is 43.2 Å². The van der Waals surface area contributed by atoms with Crippen molar-refractivity contribution in [2.45, 2.75) is 37.5 Å². The molecule has 2 saturated carbocycles. The third-order valence-electron chi connectivity index (χ3n) is 5.76. The van der Waals surface area contributed by atoms with Crippen molar-refractivity contribution >= 4 is 23.2 Å². The fourth-order valence-electron chi connectivity index (χ4n) is 4.41. The Hall–Kier alpha value is -1.50. The van der Waals surface area contributed by atoms with Gasteiger partial charge in [0.1, 0.15) is 0 Å². The fraction of sp³-hybridized carbons (Fsp3) is 0.348. The van der Waals surface area contributed by atoms with Crippen molar-refractivity contribution in [3.05, 3.63) is 86.6 Å². The molecule has 2 aliphatic rings. The summed E-state index contributed by atoms with van der Waals surface area (Å²) in [5.74, 6) is 0.0549. The summed E-state index contributed by atoms with van der Waals surface area (Å²) < 4.78 is 0. The molecule has 3 heteroatoms. The molecule has 1 N–H and O–H groups in total. The van der Waals surface area contributed by atoms with Gasteiger partial charge in [-0.05, 0) is 72.2 Å². The van der Waals surface area contributed by atoms with Gasteiger partial charge >= 0.3 is 0 Å². The number of halogens is 2. The first-order chi connectivity index (χ1) is 12.7. The van der Waals surface area contributed by atoms with E-state index in [1.54, 1.807) is 0 Å². The number of hydrogen-bond acceptors (Lipinski definition) is 1. The molecule has 0 aliphatic heterocycles. The molecular formula is C23H22Cl2O. The molecule has 0 aromatic heterocycles. The Kier molecular flexibility index (Phi) is 4.99. The first-order valence-corrected chi connectivity index (χ1v) is 10.0. The van der Waals surface area contributed by atoms with Gasteiger partial charge in [-0.3, -0.25) is 0 Å². The molecule has 2 aliphatic carbocycles. The molecule has 0 spiro atoms. The van der Waals surface area contributed by atoms with Crippen LogP contribution in [-0.4, -0.2) is 11.7 Å². The second-order valence-electron chi connectivity index (χ2n) is 7.26. The zero-order chi connectivity index (χ0) is 18.1. The van der Waals surface area contributed by atoms with Gasteiger partial charge in [0.25, 0.3) is 0 Å². The summed E-state index contributed by atoms with van der Waals surface area (Å²) in [6.07, 6.45) is 6.05. The summed E-state index contributed by atoms with van der Waals surface area (Å²) in [4.78, 5) is 0. The molecule has 0 radical (unpaired) electrons. The van der Waals surface area contributed by atoms with Gasteiger partial charge in [0, 0.05) is 16.0 Å². The van der Waals surface area contributed by atoms with Crippen molar-refractivity contribution in [3.8, 4) is 0 Å². The lowest BCUT2D eigenvalue weighted by Crippen LogP contribution is -2.14. The van der Waals surface area contributed by atoms with Crippen LogP contribution in [0.25, 0.3) is 0 Å². The maximum Gasteiger partial charge on any atom is 0.0583 e. The number of rotatable bonds is 3. The molecule has 2 aromatic rings. The summed E-state index contributed by atoms with van der Waals surface area (Å²) in [6.45, 7) is 0.112. The maximum atomic E-state index is 10.2. The van der Waals surface area contributed by atoms with Gasteiger partial charge in [-0.15, -0.1) is 5.73 Å². The van der Waals surface area contributed by atoms with E-state index in [1.165, 1.54) is 30.4 Å². The van der Waals surface area contributed by atoms with E-state index >= 15 is 0 Å². The Morgan fingerprint density at radius 1 is 0.846 bits per heavy atom. The molecule has 26 heavy (non-hydrogen) atoms. The minimum atomic E-state index is -0.325. The second kappa shape index (κ2) is 7.25. The average Bonchev–Trinajstić information content (AvgIpc) is 3.31. The van der Waals surface area contributed by atoms with Gasteiger partial charge in [-0.25, -0.2) is 0 Å². The Bertz CT molecular complexity index is 805. The van der Waals surface area contributed by atoms with Crippen LogP contribution in [0.2, 0.25) is 10.0 Å². The quantitative estimate of drug-likeness (QED) is 0.613. The molecule has 0 saturated heterocycles. The van der Waals surface area contributed by atoms with Crippen molar-refractivity contribution in [1.82, 2.24) is 0 Å². The van der Waals surface area contributed by atoms with Crippen molar-refractivity contribution in [2.24, 2.45) is 5.92 Å². The lowest BCUT2D eigenvalue weighted by Gasteiger charge is -2.18. The Morgan fingerprint density at radius 3 is 1.81 bits per heavy atom. The van der Waals surface area contributed by atoms with E-state index in [-0.39, 0.29) is 17.9 Å². The van der Waals surface area contributed by atoms with Gasteiger partial charge in [0.05, 0.1) is 12.0 Å². The summed E-state index contributed by atoms with van der Waals surface area (Å²) in [6, 6.07) is 16.0. The zero-order valence-corrected chi connectivity index (χ0v) is 16.2. The van der Waals surface area contributed by atoms with E-state index in [4.69, 9.17) is 23.2 Å². The molecule has 4 rings (SSSR count). The average molecular weight is 385 g/mol. The topological polar surface area (TPSA) is 20.2 Å². The van der Waals surface area contributed by atoms with E-state index in [2.05, 4.69) is 30.0 Å². The van der Waals surface area contributed by atoms with Gasteiger partial charge in [0.15, 0.2) is 0 Å². The monoisotopic (exact) mass is 384 g/mol. The first-order valence-electron chi connectivity index (χ1n) is 9.28.